The van der Waals surface area contributed by atoms with Gasteiger partial charge in [-0.15, -0.1) is 0 Å². The lowest BCUT2D eigenvalue weighted by molar-refractivity contribution is 0.599. The first kappa shape index (κ1) is 13.0. The highest BCUT2D eigenvalue weighted by Gasteiger charge is 2.14. The molecule has 0 aliphatic heterocycles. The van der Waals surface area contributed by atoms with Gasteiger partial charge in [-0.05, 0) is 43.7 Å². The second kappa shape index (κ2) is 5.04. The van der Waals surface area contributed by atoms with Crippen LogP contribution in [-0.4, -0.2) is 4.98 Å². The van der Waals surface area contributed by atoms with Crippen molar-refractivity contribution in [1.82, 2.24) is 4.98 Å². The Morgan fingerprint density at radius 1 is 1.17 bits per heavy atom. The third-order valence-electron chi connectivity index (χ3n) is 2.76. The molecule has 2 aromatic rings. The molecule has 0 aliphatic carbocycles. The van der Waals surface area contributed by atoms with Crippen molar-refractivity contribution >= 4 is 11.6 Å². The Kier molecular flexibility index (Phi) is 3.64. The van der Waals surface area contributed by atoms with E-state index in [-0.39, 0.29) is 5.82 Å². The topological polar surface area (TPSA) is 38.9 Å². The Bertz CT molecular complexity index is 564. The fourth-order valence-corrected chi connectivity index (χ4v) is 2.14. The Morgan fingerprint density at radius 3 is 2.33 bits per heavy atom. The highest BCUT2D eigenvalue weighted by atomic mass is 35.5. The molecule has 1 aromatic heterocycles. The van der Waals surface area contributed by atoms with Crippen LogP contribution in [-0.2, 0) is 0 Å². The summed E-state index contributed by atoms with van der Waals surface area (Å²) >= 11 is 5.73. The summed E-state index contributed by atoms with van der Waals surface area (Å²) in [6, 6.07) is 7.76. The summed E-state index contributed by atoms with van der Waals surface area (Å²) in [6.45, 7) is 3.78. The van der Waals surface area contributed by atoms with Gasteiger partial charge in [0.15, 0.2) is 0 Å². The molecule has 2 N–H and O–H groups in total. The maximum absolute atomic E-state index is 13.8. The van der Waals surface area contributed by atoms with E-state index < -0.39 is 6.04 Å². The zero-order chi connectivity index (χ0) is 13.3. The first-order valence-electron chi connectivity index (χ1n) is 5.63. The Balaban J connectivity index is 2.44. The van der Waals surface area contributed by atoms with Crippen LogP contribution in [0.5, 0.6) is 0 Å². The largest absolute Gasteiger partial charge is 0.320 e. The second-order valence-corrected chi connectivity index (χ2v) is 4.76. The van der Waals surface area contributed by atoms with Crippen molar-refractivity contribution in [2.45, 2.75) is 19.9 Å². The first-order valence-corrected chi connectivity index (χ1v) is 6.01. The number of nitrogens with two attached hydrogens (primary N) is 1. The lowest BCUT2D eigenvalue weighted by Crippen LogP contribution is -2.14. The molecule has 1 aromatic carbocycles. The van der Waals surface area contributed by atoms with Crippen LogP contribution >= 0.6 is 11.6 Å². The van der Waals surface area contributed by atoms with Crippen LogP contribution in [0, 0.1) is 19.7 Å². The second-order valence-electron chi connectivity index (χ2n) is 4.33. The summed E-state index contributed by atoms with van der Waals surface area (Å²) in [5.41, 5.74) is 9.12. The summed E-state index contributed by atoms with van der Waals surface area (Å²) in [4.78, 5) is 4.28. The number of halogens is 2. The van der Waals surface area contributed by atoms with E-state index in [1.54, 1.807) is 12.1 Å². The molecule has 0 saturated carbocycles. The minimum Gasteiger partial charge on any atom is -0.320 e. The number of aromatic nitrogens is 1. The standard InChI is InChI=1S/C14H14ClFN2/c1-8-5-10(6-9(2)18-8)14(17)12-4-3-11(15)7-13(12)16/h3-7,14H,17H2,1-2H3. The maximum Gasteiger partial charge on any atom is 0.129 e. The van der Waals surface area contributed by atoms with Gasteiger partial charge in [-0.25, -0.2) is 4.39 Å². The summed E-state index contributed by atoms with van der Waals surface area (Å²) < 4.78 is 13.8. The molecule has 0 amide bonds. The number of hydrogen-bond donors (Lipinski definition) is 1. The van der Waals surface area contributed by atoms with Crippen LogP contribution in [0.1, 0.15) is 28.6 Å². The number of aryl methyl sites for hydroxylation is 2. The molecule has 1 heterocycles. The molecule has 94 valence electrons. The normalized spacial score (nSPS) is 12.5. The third kappa shape index (κ3) is 2.68. The van der Waals surface area contributed by atoms with Gasteiger partial charge >= 0.3 is 0 Å². The molecular weight excluding hydrogens is 251 g/mol. The van der Waals surface area contributed by atoms with Gasteiger partial charge in [0.05, 0.1) is 6.04 Å². The van der Waals surface area contributed by atoms with Gasteiger partial charge in [-0.3, -0.25) is 4.98 Å². The van der Waals surface area contributed by atoms with Crippen LogP contribution in [0.15, 0.2) is 30.3 Å². The fourth-order valence-electron chi connectivity index (χ4n) is 1.98. The number of benzene rings is 1. The average molecular weight is 265 g/mol. The average Bonchev–Trinajstić information content (AvgIpc) is 2.26. The molecule has 0 radical (unpaired) electrons. The summed E-state index contributed by atoms with van der Waals surface area (Å²) in [6.07, 6.45) is 0. The van der Waals surface area contributed by atoms with E-state index in [1.807, 2.05) is 26.0 Å². The van der Waals surface area contributed by atoms with Gasteiger partial charge in [0.1, 0.15) is 5.82 Å². The number of hydrogen-bond acceptors (Lipinski definition) is 2. The monoisotopic (exact) mass is 264 g/mol. The molecule has 0 fully saturated rings. The summed E-state index contributed by atoms with van der Waals surface area (Å²) in [7, 11) is 0. The minimum atomic E-state index is -0.511. The van der Waals surface area contributed by atoms with Gasteiger partial charge in [0, 0.05) is 22.0 Å². The molecule has 18 heavy (non-hydrogen) atoms. The van der Waals surface area contributed by atoms with Crippen LogP contribution in [0.3, 0.4) is 0 Å². The van der Waals surface area contributed by atoms with E-state index in [4.69, 9.17) is 17.3 Å². The predicted molar refractivity (Wildman–Crippen MR) is 71.2 cm³/mol. The number of rotatable bonds is 2. The highest BCUT2D eigenvalue weighted by Crippen LogP contribution is 2.25. The van der Waals surface area contributed by atoms with E-state index >= 15 is 0 Å². The lowest BCUT2D eigenvalue weighted by Gasteiger charge is -2.14. The van der Waals surface area contributed by atoms with E-state index in [0.29, 0.717) is 10.6 Å². The minimum absolute atomic E-state index is 0.366. The molecule has 0 spiro atoms. The molecule has 2 rings (SSSR count). The first-order chi connectivity index (χ1) is 8.47. The van der Waals surface area contributed by atoms with Crippen LogP contribution < -0.4 is 5.73 Å². The highest BCUT2D eigenvalue weighted by molar-refractivity contribution is 6.30. The molecule has 2 nitrogen and oxygen atoms in total. The van der Waals surface area contributed by atoms with Crippen molar-refractivity contribution in [2.75, 3.05) is 0 Å². The van der Waals surface area contributed by atoms with E-state index in [9.17, 15) is 4.39 Å². The van der Waals surface area contributed by atoms with E-state index in [0.717, 1.165) is 17.0 Å². The molecule has 0 bridgehead atoms. The SMILES string of the molecule is Cc1cc(C(N)c2ccc(Cl)cc2F)cc(C)n1. The van der Waals surface area contributed by atoms with Gasteiger partial charge < -0.3 is 5.73 Å². The van der Waals surface area contributed by atoms with Crippen molar-refractivity contribution in [3.8, 4) is 0 Å². The Hall–Kier alpha value is -1.45. The van der Waals surface area contributed by atoms with Crippen LogP contribution in [0.2, 0.25) is 5.02 Å². The lowest BCUT2D eigenvalue weighted by atomic mass is 9.98. The van der Waals surface area contributed by atoms with Gasteiger partial charge in [0.2, 0.25) is 0 Å². The summed E-state index contributed by atoms with van der Waals surface area (Å²) in [5, 5.41) is 0.366. The molecule has 0 aliphatic rings. The van der Waals surface area contributed by atoms with Crippen molar-refractivity contribution in [1.29, 1.82) is 0 Å². The van der Waals surface area contributed by atoms with Gasteiger partial charge in [-0.1, -0.05) is 17.7 Å². The van der Waals surface area contributed by atoms with E-state index in [1.165, 1.54) is 6.07 Å². The van der Waals surface area contributed by atoms with Crippen molar-refractivity contribution in [3.05, 3.63) is 63.7 Å². The smallest absolute Gasteiger partial charge is 0.129 e. The van der Waals surface area contributed by atoms with Gasteiger partial charge in [-0.2, -0.15) is 0 Å². The molecule has 0 saturated heterocycles. The Labute approximate surface area is 111 Å². The number of nitrogens with zero attached hydrogens (tertiary/aromatic N) is 1. The zero-order valence-electron chi connectivity index (χ0n) is 10.2. The van der Waals surface area contributed by atoms with Crippen LogP contribution in [0.25, 0.3) is 0 Å². The fraction of sp³-hybridized carbons (Fsp3) is 0.214. The molecule has 1 unspecified atom stereocenters. The third-order valence-corrected chi connectivity index (χ3v) is 3.00. The van der Waals surface area contributed by atoms with E-state index in [2.05, 4.69) is 4.98 Å². The summed E-state index contributed by atoms with van der Waals surface area (Å²) in [5.74, 6) is -0.387. The Morgan fingerprint density at radius 2 is 1.78 bits per heavy atom. The molecule has 4 heteroatoms. The molecular formula is C14H14ClFN2. The predicted octanol–water partition coefficient (Wildman–Crippen LogP) is 3.54. The maximum atomic E-state index is 13.8. The quantitative estimate of drug-likeness (QED) is 0.901. The zero-order valence-corrected chi connectivity index (χ0v) is 11.0. The van der Waals surface area contributed by atoms with Crippen molar-refractivity contribution in [3.63, 3.8) is 0 Å². The molecule has 1 atom stereocenters. The van der Waals surface area contributed by atoms with Crippen LogP contribution in [0.4, 0.5) is 4.39 Å². The van der Waals surface area contributed by atoms with Crippen molar-refractivity contribution in [2.24, 2.45) is 5.73 Å². The van der Waals surface area contributed by atoms with Crippen molar-refractivity contribution < 1.29 is 4.39 Å². The number of pyridine rings is 1. The van der Waals surface area contributed by atoms with Gasteiger partial charge in [0.25, 0.3) is 0 Å².